The first-order valence-electron chi connectivity index (χ1n) is 7.15. The van der Waals surface area contributed by atoms with Gasteiger partial charge in [0.2, 0.25) is 0 Å². The Hall–Kier alpha value is -2.52. The van der Waals surface area contributed by atoms with Crippen LogP contribution in [-0.4, -0.2) is 12.6 Å². The second-order valence-electron chi connectivity index (χ2n) is 4.78. The molecule has 5 nitrogen and oxygen atoms in total. The molecule has 0 saturated carbocycles. The Balaban J connectivity index is 2.03. The standard InChI is InChI=1S/C17H15O5P/c1-2-20-17(18)16-12-13-8-6-7-11-15(13)22-23(16,19)21-14-9-4-3-5-10-14/h3-12H,2H2,1H3. The highest BCUT2D eigenvalue weighted by Gasteiger charge is 2.42. The Morgan fingerprint density at radius 1 is 1.09 bits per heavy atom. The highest BCUT2D eigenvalue weighted by molar-refractivity contribution is 7.61. The Bertz CT molecular complexity index is 798. The maximum absolute atomic E-state index is 13.2. The molecule has 118 valence electrons. The summed E-state index contributed by atoms with van der Waals surface area (Å²) < 4.78 is 29.3. The SMILES string of the molecule is CCOC(=O)C1=Cc2ccccc2OP1(=O)Oc1ccccc1. The number of hydrogen-bond acceptors (Lipinski definition) is 5. The highest BCUT2D eigenvalue weighted by Crippen LogP contribution is 2.59. The maximum atomic E-state index is 13.2. The quantitative estimate of drug-likeness (QED) is 0.619. The Kier molecular flexibility index (Phi) is 4.22. The first-order valence-corrected chi connectivity index (χ1v) is 8.69. The summed E-state index contributed by atoms with van der Waals surface area (Å²) in [5.74, 6) is 0.0477. The van der Waals surface area contributed by atoms with Gasteiger partial charge in [0.1, 0.15) is 11.5 Å². The molecule has 0 amide bonds. The second kappa shape index (κ2) is 6.31. The van der Waals surface area contributed by atoms with E-state index in [0.717, 1.165) is 0 Å². The first kappa shape index (κ1) is 15.4. The van der Waals surface area contributed by atoms with Crippen LogP contribution in [0, 0.1) is 0 Å². The zero-order chi connectivity index (χ0) is 16.3. The van der Waals surface area contributed by atoms with E-state index in [1.807, 2.05) is 6.07 Å². The van der Waals surface area contributed by atoms with Gasteiger partial charge >= 0.3 is 13.6 Å². The minimum atomic E-state index is -3.88. The molecule has 0 aromatic heterocycles. The van der Waals surface area contributed by atoms with Crippen LogP contribution < -0.4 is 9.05 Å². The number of carbonyl (C=O) groups is 1. The van der Waals surface area contributed by atoms with Gasteiger partial charge in [0, 0.05) is 5.56 Å². The number of esters is 1. The third-order valence-electron chi connectivity index (χ3n) is 3.18. The molecule has 0 radical (unpaired) electrons. The van der Waals surface area contributed by atoms with Crippen molar-refractivity contribution >= 4 is 19.6 Å². The van der Waals surface area contributed by atoms with E-state index in [4.69, 9.17) is 13.8 Å². The van der Waals surface area contributed by atoms with Gasteiger partial charge in [0.25, 0.3) is 0 Å². The van der Waals surface area contributed by atoms with Crippen molar-refractivity contribution < 1.29 is 23.1 Å². The van der Waals surface area contributed by atoms with Crippen molar-refractivity contribution in [3.8, 4) is 11.5 Å². The van der Waals surface area contributed by atoms with Crippen LogP contribution >= 0.6 is 7.60 Å². The second-order valence-corrected chi connectivity index (χ2v) is 6.62. The molecule has 1 aliphatic heterocycles. The topological polar surface area (TPSA) is 61.8 Å². The average Bonchev–Trinajstić information content (AvgIpc) is 2.55. The summed E-state index contributed by atoms with van der Waals surface area (Å²) in [4.78, 5) is 12.2. The summed E-state index contributed by atoms with van der Waals surface area (Å²) in [6, 6.07) is 15.6. The maximum Gasteiger partial charge on any atom is 0.470 e. The summed E-state index contributed by atoms with van der Waals surface area (Å²) in [5, 5.41) is -0.109. The van der Waals surface area contributed by atoms with Gasteiger partial charge in [-0.15, -0.1) is 0 Å². The van der Waals surface area contributed by atoms with Crippen molar-refractivity contribution in [2.24, 2.45) is 0 Å². The lowest BCUT2D eigenvalue weighted by molar-refractivity contribution is -0.137. The van der Waals surface area contributed by atoms with Crippen molar-refractivity contribution in [3.63, 3.8) is 0 Å². The molecule has 0 aliphatic carbocycles. The van der Waals surface area contributed by atoms with Crippen molar-refractivity contribution in [1.82, 2.24) is 0 Å². The molecule has 2 aromatic carbocycles. The van der Waals surface area contributed by atoms with Crippen molar-refractivity contribution in [3.05, 3.63) is 65.5 Å². The minimum Gasteiger partial charge on any atom is -0.462 e. The normalized spacial score (nSPS) is 19.1. The Morgan fingerprint density at radius 3 is 2.52 bits per heavy atom. The zero-order valence-corrected chi connectivity index (χ0v) is 13.4. The van der Waals surface area contributed by atoms with E-state index in [0.29, 0.717) is 17.1 Å². The number of fused-ring (bicyclic) bond motifs is 1. The molecule has 3 rings (SSSR count). The largest absolute Gasteiger partial charge is 0.470 e. The van der Waals surface area contributed by atoms with Crippen LogP contribution in [0.25, 0.3) is 6.08 Å². The van der Waals surface area contributed by atoms with Crippen LogP contribution in [-0.2, 0) is 14.1 Å². The van der Waals surface area contributed by atoms with Gasteiger partial charge < -0.3 is 13.8 Å². The first-order chi connectivity index (χ1) is 11.1. The lowest BCUT2D eigenvalue weighted by Gasteiger charge is -2.25. The van der Waals surface area contributed by atoms with Gasteiger partial charge in [-0.1, -0.05) is 36.4 Å². The smallest absolute Gasteiger partial charge is 0.462 e. The van der Waals surface area contributed by atoms with Gasteiger partial charge in [-0.25, -0.2) is 9.36 Å². The van der Waals surface area contributed by atoms with E-state index in [2.05, 4.69) is 0 Å². The fourth-order valence-electron chi connectivity index (χ4n) is 2.15. The number of carbonyl (C=O) groups excluding carboxylic acids is 1. The Labute approximate surface area is 134 Å². The number of hydrogen-bond donors (Lipinski definition) is 0. The molecule has 23 heavy (non-hydrogen) atoms. The fraction of sp³-hybridized carbons (Fsp3) is 0.118. The van der Waals surface area contributed by atoms with Crippen LogP contribution in [0.2, 0.25) is 0 Å². The van der Waals surface area contributed by atoms with E-state index in [-0.39, 0.29) is 11.9 Å². The molecule has 0 saturated heterocycles. The lowest BCUT2D eigenvalue weighted by atomic mass is 10.2. The van der Waals surface area contributed by atoms with Crippen LogP contribution in [0.3, 0.4) is 0 Å². The number of rotatable bonds is 4. The minimum absolute atomic E-state index is 0.109. The summed E-state index contributed by atoms with van der Waals surface area (Å²) in [6.45, 7) is 1.85. The summed E-state index contributed by atoms with van der Waals surface area (Å²) >= 11 is 0. The lowest BCUT2D eigenvalue weighted by Crippen LogP contribution is -2.16. The van der Waals surface area contributed by atoms with Gasteiger partial charge in [0.15, 0.2) is 5.31 Å². The number of benzene rings is 2. The van der Waals surface area contributed by atoms with Crippen molar-refractivity contribution in [2.45, 2.75) is 6.92 Å². The molecule has 2 aromatic rings. The molecule has 1 atom stereocenters. The van der Waals surface area contributed by atoms with Crippen molar-refractivity contribution in [2.75, 3.05) is 6.61 Å². The van der Waals surface area contributed by atoms with Crippen LogP contribution in [0.1, 0.15) is 12.5 Å². The van der Waals surface area contributed by atoms with Crippen LogP contribution in [0.5, 0.6) is 11.5 Å². The number of para-hydroxylation sites is 2. The fourth-order valence-corrected chi connectivity index (χ4v) is 3.80. The van der Waals surface area contributed by atoms with E-state index in [9.17, 15) is 9.36 Å². The predicted octanol–water partition coefficient (Wildman–Crippen LogP) is 4.26. The van der Waals surface area contributed by atoms with Crippen LogP contribution in [0.15, 0.2) is 59.9 Å². The van der Waals surface area contributed by atoms with E-state index in [1.165, 1.54) is 6.08 Å². The molecule has 0 N–H and O–H groups in total. The summed E-state index contributed by atoms with van der Waals surface area (Å²) in [5.41, 5.74) is 0.652. The van der Waals surface area contributed by atoms with Gasteiger partial charge in [-0.2, -0.15) is 0 Å². The molecule has 0 spiro atoms. The predicted molar refractivity (Wildman–Crippen MR) is 86.4 cm³/mol. The van der Waals surface area contributed by atoms with Gasteiger partial charge in [-0.05, 0) is 31.2 Å². The monoisotopic (exact) mass is 330 g/mol. The Morgan fingerprint density at radius 2 is 1.78 bits per heavy atom. The molecule has 1 heterocycles. The molecule has 6 heteroatoms. The van der Waals surface area contributed by atoms with Crippen molar-refractivity contribution in [1.29, 1.82) is 0 Å². The van der Waals surface area contributed by atoms with Crippen LogP contribution in [0.4, 0.5) is 0 Å². The van der Waals surface area contributed by atoms with Gasteiger partial charge in [-0.3, -0.25) is 0 Å². The molecule has 0 bridgehead atoms. The van der Waals surface area contributed by atoms with E-state index < -0.39 is 13.6 Å². The number of ether oxygens (including phenoxy) is 1. The molecular formula is C17H15O5P. The summed E-state index contributed by atoms with van der Waals surface area (Å²) in [6.07, 6.45) is 1.50. The van der Waals surface area contributed by atoms with E-state index in [1.54, 1.807) is 55.5 Å². The third-order valence-corrected chi connectivity index (χ3v) is 4.97. The molecule has 1 unspecified atom stereocenters. The van der Waals surface area contributed by atoms with Gasteiger partial charge in [0.05, 0.1) is 6.61 Å². The third kappa shape index (κ3) is 3.15. The molecule has 1 aliphatic rings. The van der Waals surface area contributed by atoms with E-state index >= 15 is 0 Å². The molecular weight excluding hydrogens is 315 g/mol. The summed E-state index contributed by atoms with van der Waals surface area (Å²) in [7, 11) is -3.88. The molecule has 0 fully saturated rings. The average molecular weight is 330 g/mol. The highest BCUT2D eigenvalue weighted by atomic mass is 31.2. The zero-order valence-electron chi connectivity index (χ0n) is 12.5.